The van der Waals surface area contributed by atoms with Crippen LogP contribution in [0.15, 0.2) is 0 Å². The second-order valence-electron chi connectivity index (χ2n) is 3.54. The fourth-order valence-corrected chi connectivity index (χ4v) is 3.61. The number of rotatable bonds is 4. The van der Waals surface area contributed by atoms with Gasteiger partial charge in [-0.05, 0) is 19.8 Å². The van der Waals surface area contributed by atoms with Gasteiger partial charge in [0, 0.05) is 24.5 Å². The number of halogens is 1. The lowest BCUT2D eigenvalue weighted by atomic mass is 10.1. The second kappa shape index (κ2) is 5.44. The van der Waals surface area contributed by atoms with E-state index in [1.807, 2.05) is 6.92 Å². The van der Waals surface area contributed by atoms with E-state index in [-0.39, 0.29) is 6.04 Å². The first-order valence-corrected chi connectivity index (χ1v) is 7.46. The van der Waals surface area contributed by atoms with E-state index in [1.165, 1.54) is 0 Å². The third-order valence-corrected chi connectivity index (χ3v) is 4.56. The summed E-state index contributed by atoms with van der Waals surface area (Å²) in [6.07, 6.45) is 3.07. The molecule has 6 heteroatoms. The Hall–Kier alpha value is 0.350. The molecule has 4 nitrogen and oxygen atoms in total. The average molecular weight is 285 g/mol. The Kier molecular flexibility index (Phi) is 4.82. The van der Waals surface area contributed by atoms with Gasteiger partial charge < -0.3 is 0 Å². The molecule has 1 aliphatic heterocycles. The molecule has 1 unspecified atom stereocenters. The van der Waals surface area contributed by atoms with Crippen LogP contribution in [0, 0.1) is 0 Å². The van der Waals surface area contributed by atoms with Crippen molar-refractivity contribution in [3.05, 3.63) is 0 Å². The molecule has 84 valence electrons. The molecule has 14 heavy (non-hydrogen) atoms. The maximum Gasteiger partial charge on any atom is 0.279 e. The summed E-state index contributed by atoms with van der Waals surface area (Å²) < 4.78 is 27.6. The fraction of sp³-hybridized carbons (Fsp3) is 1.00. The van der Waals surface area contributed by atoms with Gasteiger partial charge in [0.25, 0.3) is 10.2 Å². The minimum atomic E-state index is -3.24. The van der Waals surface area contributed by atoms with Crippen molar-refractivity contribution in [1.82, 2.24) is 9.03 Å². The van der Waals surface area contributed by atoms with E-state index in [2.05, 4.69) is 20.7 Å². The smallest absolute Gasteiger partial charge is 0.201 e. The summed E-state index contributed by atoms with van der Waals surface area (Å²) in [6.45, 7) is 3.07. The van der Waals surface area contributed by atoms with Gasteiger partial charge in [-0.25, -0.2) is 4.72 Å². The first-order chi connectivity index (χ1) is 6.58. The Morgan fingerprint density at radius 1 is 1.50 bits per heavy atom. The monoisotopic (exact) mass is 284 g/mol. The SMILES string of the molecule is CC1CCCCN1S(=O)(=O)NCCBr. The quantitative estimate of drug-likeness (QED) is 0.786. The molecule has 0 amide bonds. The van der Waals surface area contributed by atoms with Crippen LogP contribution in [0.5, 0.6) is 0 Å². The van der Waals surface area contributed by atoms with Crippen LogP contribution in [-0.4, -0.2) is 37.2 Å². The van der Waals surface area contributed by atoms with E-state index in [4.69, 9.17) is 0 Å². The van der Waals surface area contributed by atoms with Crippen molar-refractivity contribution in [3.8, 4) is 0 Å². The Labute approximate surface area is 94.4 Å². The van der Waals surface area contributed by atoms with Crippen LogP contribution in [0.25, 0.3) is 0 Å². The molecular formula is C8H17BrN2O2S. The first-order valence-electron chi connectivity index (χ1n) is 4.90. The molecule has 1 heterocycles. The van der Waals surface area contributed by atoms with Crippen molar-refractivity contribution in [3.63, 3.8) is 0 Å². The first kappa shape index (κ1) is 12.4. The van der Waals surface area contributed by atoms with E-state index < -0.39 is 10.2 Å². The standard InChI is InChI=1S/C8H17BrN2O2S/c1-8-4-2-3-7-11(8)14(12,13)10-6-5-9/h8,10H,2-7H2,1H3. The molecular weight excluding hydrogens is 268 g/mol. The lowest BCUT2D eigenvalue weighted by molar-refractivity contribution is 0.265. The highest BCUT2D eigenvalue weighted by Gasteiger charge is 2.28. The van der Waals surface area contributed by atoms with Gasteiger partial charge in [-0.1, -0.05) is 22.4 Å². The summed E-state index contributed by atoms with van der Waals surface area (Å²) >= 11 is 3.20. The van der Waals surface area contributed by atoms with Crippen LogP contribution in [0.1, 0.15) is 26.2 Å². The normalized spacial score (nSPS) is 25.1. The van der Waals surface area contributed by atoms with E-state index in [0.717, 1.165) is 19.3 Å². The van der Waals surface area contributed by atoms with Crippen LogP contribution >= 0.6 is 15.9 Å². The summed E-state index contributed by atoms with van der Waals surface area (Å²) in [5.41, 5.74) is 0. The minimum absolute atomic E-state index is 0.136. The van der Waals surface area contributed by atoms with Gasteiger partial charge in [0.2, 0.25) is 0 Å². The molecule has 1 saturated heterocycles. The maximum atomic E-state index is 11.7. The molecule has 1 fully saturated rings. The number of piperidine rings is 1. The predicted octanol–water partition coefficient (Wildman–Crippen LogP) is 1.09. The number of nitrogens with one attached hydrogen (secondary N) is 1. The molecule has 0 aromatic carbocycles. The van der Waals surface area contributed by atoms with E-state index in [9.17, 15) is 8.42 Å². The third kappa shape index (κ3) is 3.18. The lowest BCUT2D eigenvalue weighted by Crippen LogP contribution is -2.48. The molecule has 0 bridgehead atoms. The van der Waals surface area contributed by atoms with Crippen molar-refractivity contribution in [2.45, 2.75) is 32.2 Å². The zero-order valence-corrected chi connectivity index (χ0v) is 10.8. The number of alkyl halides is 1. The van der Waals surface area contributed by atoms with Crippen molar-refractivity contribution in [2.75, 3.05) is 18.4 Å². The Balaban J connectivity index is 2.60. The van der Waals surface area contributed by atoms with Gasteiger partial charge in [-0.15, -0.1) is 0 Å². The zero-order valence-electron chi connectivity index (χ0n) is 8.37. The highest BCUT2D eigenvalue weighted by atomic mass is 79.9. The average Bonchev–Trinajstić information content (AvgIpc) is 2.15. The molecule has 1 atom stereocenters. The highest BCUT2D eigenvalue weighted by molar-refractivity contribution is 9.09. The number of hydrogen-bond donors (Lipinski definition) is 1. The topological polar surface area (TPSA) is 49.4 Å². The Morgan fingerprint density at radius 3 is 2.79 bits per heavy atom. The van der Waals surface area contributed by atoms with Crippen LogP contribution in [-0.2, 0) is 10.2 Å². The summed E-state index contributed by atoms with van der Waals surface area (Å²) in [5.74, 6) is 0. The van der Waals surface area contributed by atoms with Crippen molar-refractivity contribution >= 4 is 26.1 Å². The molecule has 1 N–H and O–H groups in total. The number of nitrogens with zero attached hydrogens (tertiary/aromatic N) is 1. The predicted molar refractivity (Wildman–Crippen MR) is 60.7 cm³/mol. The highest BCUT2D eigenvalue weighted by Crippen LogP contribution is 2.18. The van der Waals surface area contributed by atoms with Gasteiger partial charge >= 0.3 is 0 Å². The van der Waals surface area contributed by atoms with Gasteiger partial charge in [-0.3, -0.25) is 0 Å². The molecule has 1 aliphatic rings. The molecule has 0 aromatic rings. The molecule has 0 radical (unpaired) electrons. The molecule has 0 saturated carbocycles. The number of hydrogen-bond acceptors (Lipinski definition) is 2. The lowest BCUT2D eigenvalue weighted by Gasteiger charge is -2.32. The fourth-order valence-electron chi connectivity index (χ4n) is 1.68. The Bertz CT molecular complexity index is 269. The van der Waals surface area contributed by atoms with Crippen molar-refractivity contribution in [2.24, 2.45) is 0 Å². The summed E-state index contributed by atoms with van der Waals surface area (Å²) in [7, 11) is -3.24. The summed E-state index contributed by atoms with van der Waals surface area (Å²) in [5, 5.41) is 0.647. The van der Waals surface area contributed by atoms with Gasteiger partial charge in [0.1, 0.15) is 0 Å². The van der Waals surface area contributed by atoms with Crippen molar-refractivity contribution < 1.29 is 8.42 Å². The minimum Gasteiger partial charge on any atom is -0.201 e. The zero-order chi connectivity index (χ0) is 10.6. The third-order valence-electron chi connectivity index (χ3n) is 2.43. The van der Waals surface area contributed by atoms with Gasteiger partial charge in [0.05, 0.1) is 0 Å². The van der Waals surface area contributed by atoms with Crippen LogP contribution < -0.4 is 4.72 Å². The van der Waals surface area contributed by atoms with Crippen molar-refractivity contribution in [1.29, 1.82) is 0 Å². The summed E-state index contributed by atoms with van der Waals surface area (Å²) in [4.78, 5) is 0. The molecule has 1 rings (SSSR count). The maximum absolute atomic E-state index is 11.7. The van der Waals surface area contributed by atoms with E-state index in [0.29, 0.717) is 18.4 Å². The molecule has 0 aromatic heterocycles. The summed E-state index contributed by atoms with van der Waals surface area (Å²) in [6, 6.07) is 0.136. The van der Waals surface area contributed by atoms with E-state index >= 15 is 0 Å². The van der Waals surface area contributed by atoms with Gasteiger partial charge in [-0.2, -0.15) is 12.7 Å². The Morgan fingerprint density at radius 2 is 2.21 bits per heavy atom. The van der Waals surface area contributed by atoms with Crippen LogP contribution in [0.4, 0.5) is 0 Å². The second-order valence-corrected chi connectivity index (χ2v) is 6.04. The molecule has 0 spiro atoms. The van der Waals surface area contributed by atoms with Gasteiger partial charge in [0.15, 0.2) is 0 Å². The molecule has 0 aliphatic carbocycles. The van der Waals surface area contributed by atoms with Crippen LogP contribution in [0.3, 0.4) is 0 Å². The van der Waals surface area contributed by atoms with E-state index in [1.54, 1.807) is 4.31 Å². The van der Waals surface area contributed by atoms with Crippen LogP contribution in [0.2, 0.25) is 0 Å². The largest absolute Gasteiger partial charge is 0.279 e.